The molecule has 0 aliphatic carbocycles. The van der Waals surface area contributed by atoms with Crippen molar-refractivity contribution >= 4 is 34.0 Å². The van der Waals surface area contributed by atoms with E-state index in [1.807, 2.05) is 30.3 Å². The fourth-order valence-electron chi connectivity index (χ4n) is 3.68. The molecule has 5 nitrogen and oxygen atoms in total. The first-order valence-electron chi connectivity index (χ1n) is 10.0. The molecular formula is C24H23N3O2S2. The van der Waals surface area contributed by atoms with Gasteiger partial charge in [0.15, 0.2) is 0 Å². The van der Waals surface area contributed by atoms with Crippen molar-refractivity contribution in [2.24, 2.45) is 0 Å². The number of amides is 1. The second-order valence-electron chi connectivity index (χ2n) is 7.25. The van der Waals surface area contributed by atoms with E-state index in [1.165, 1.54) is 33.5 Å². The fourth-order valence-corrected chi connectivity index (χ4v) is 5.77. The highest BCUT2D eigenvalue weighted by Gasteiger charge is 2.25. The second kappa shape index (κ2) is 10.0. The Morgan fingerprint density at radius 3 is 2.77 bits per heavy atom. The summed E-state index contributed by atoms with van der Waals surface area (Å²) in [6.45, 7) is 2.59. The first-order chi connectivity index (χ1) is 15.2. The van der Waals surface area contributed by atoms with Gasteiger partial charge in [-0.2, -0.15) is 5.26 Å². The summed E-state index contributed by atoms with van der Waals surface area (Å²) in [4.78, 5) is 17.1. The lowest BCUT2D eigenvalue weighted by Crippen LogP contribution is -2.29. The summed E-state index contributed by atoms with van der Waals surface area (Å²) < 4.78 is 5.34. The van der Waals surface area contributed by atoms with Gasteiger partial charge < -0.3 is 10.1 Å². The van der Waals surface area contributed by atoms with Crippen LogP contribution in [0.4, 0.5) is 5.00 Å². The molecule has 0 fully saturated rings. The van der Waals surface area contributed by atoms with E-state index in [2.05, 4.69) is 40.6 Å². The summed E-state index contributed by atoms with van der Waals surface area (Å²) in [5, 5.41) is 13.4. The first kappa shape index (κ1) is 21.4. The number of nitrogens with zero attached hydrogens (tertiary/aromatic N) is 2. The van der Waals surface area contributed by atoms with Crippen LogP contribution in [0.15, 0.2) is 59.5 Å². The number of carbonyl (C=O) groups excluding carboxylic acids is 1. The largest absolute Gasteiger partial charge is 0.496 e. The normalized spacial score (nSPS) is 13.3. The van der Waals surface area contributed by atoms with Crippen LogP contribution in [-0.4, -0.2) is 30.2 Å². The summed E-state index contributed by atoms with van der Waals surface area (Å²) in [7, 11) is 1.62. The highest BCUT2D eigenvalue weighted by Crippen LogP contribution is 2.37. The van der Waals surface area contributed by atoms with Crippen molar-refractivity contribution in [1.82, 2.24) is 4.90 Å². The minimum Gasteiger partial charge on any atom is -0.496 e. The monoisotopic (exact) mass is 449 g/mol. The molecule has 1 aliphatic heterocycles. The molecule has 0 saturated heterocycles. The van der Waals surface area contributed by atoms with Crippen molar-refractivity contribution < 1.29 is 9.53 Å². The zero-order valence-corrected chi connectivity index (χ0v) is 18.9. The molecule has 0 spiro atoms. The predicted octanol–water partition coefficient (Wildman–Crippen LogP) is 4.92. The Bertz CT molecular complexity index is 1110. The molecule has 0 radical (unpaired) electrons. The molecule has 158 valence electrons. The Morgan fingerprint density at radius 1 is 1.23 bits per heavy atom. The third kappa shape index (κ3) is 5.10. The number of methoxy groups -OCH3 is 1. The van der Waals surface area contributed by atoms with Crippen LogP contribution in [0.5, 0.6) is 5.75 Å². The van der Waals surface area contributed by atoms with Crippen LogP contribution in [0.1, 0.15) is 21.6 Å². The Kier molecular flexibility index (Phi) is 6.92. The Balaban J connectivity index is 1.42. The van der Waals surface area contributed by atoms with Gasteiger partial charge >= 0.3 is 0 Å². The molecule has 1 aliphatic rings. The van der Waals surface area contributed by atoms with Crippen LogP contribution >= 0.6 is 23.1 Å². The molecule has 0 bridgehead atoms. The molecule has 3 aromatic rings. The molecule has 1 N–H and O–H groups in total. The van der Waals surface area contributed by atoms with E-state index in [4.69, 9.17) is 4.74 Å². The van der Waals surface area contributed by atoms with E-state index in [0.717, 1.165) is 42.3 Å². The topological polar surface area (TPSA) is 65.4 Å². The average Bonchev–Trinajstić information content (AvgIpc) is 3.14. The van der Waals surface area contributed by atoms with E-state index < -0.39 is 0 Å². The van der Waals surface area contributed by atoms with Gasteiger partial charge in [0, 0.05) is 29.4 Å². The smallest absolute Gasteiger partial charge is 0.235 e. The first-order valence-corrected chi connectivity index (χ1v) is 11.8. The van der Waals surface area contributed by atoms with Gasteiger partial charge in [-0.1, -0.05) is 42.5 Å². The number of thiophene rings is 1. The molecule has 0 saturated carbocycles. The number of nitrogens with one attached hydrogen (secondary N) is 1. The van der Waals surface area contributed by atoms with Gasteiger partial charge in [-0.3, -0.25) is 9.69 Å². The van der Waals surface area contributed by atoms with Crippen LogP contribution in [0.25, 0.3) is 0 Å². The molecule has 4 rings (SSSR count). The molecule has 31 heavy (non-hydrogen) atoms. The maximum Gasteiger partial charge on any atom is 0.235 e. The molecule has 1 aromatic heterocycles. The van der Waals surface area contributed by atoms with Crippen molar-refractivity contribution in [3.63, 3.8) is 0 Å². The van der Waals surface area contributed by atoms with Crippen molar-refractivity contribution in [3.8, 4) is 11.8 Å². The van der Waals surface area contributed by atoms with Crippen molar-refractivity contribution in [1.29, 1.82) is 5.26 Å². The van der Waals surface area contributed by atoms with Gasteiger partial charge in [0.2, 0.25) is 5.91 Å². The SMILES string of the molecule is COc1ccccc1SCC(=O)Nc1sc2c(c1C#N)CCN(Cc1ccccc1)C2. The van der Waals surface area contributed by atoms with Crippen molar-refractivity contribution in [3.05, 3.63) is 76.2 Å². The molecule has 7 heteroatoms. The van der Waals surface area contributed by atoms with Gasteiger partial charge in [-0.25, -0.2) is 0 Å². The number of rotatable bonds is 7. The second-order valence-corrected chi connectivity index (χ2v) is 9.38. The zero-order valence-electron chi connectivity index (χ0n) is 17.3. The number of fused-ring (bicyclic) bond motifs is 1. The van der Waals surface area contributed by atoms with Crippen molar-refractivity contribution in [2.45, 2.75) is 24.4 Å². The Morgan fingerprint density at radius 2 is 2.00 bits per heavy atom. The van der Waals surface area contributed by atoms with Gasteiger partial charge in [-0.15, -0.1) is 23.1 Å². The minimum atomic E-state index is -0.118. The summed E-state index contributed by atoms with van der Waals surface area (Å²) in [6.07, 6.45) is 0.827. The molecular weight excluding hydrogens is 426 g/mol. The van der Waals surface area contributed by atoms with E-state index in [9.17, 15) is 10.1 Å². The van der Waals surface area contributed by atoms with E-state index in [1.54, 1.807) is 7.11 Å². The Labute approximate surface area is 190 Å². The van der Waals surface area contributed by atoms with Crippen LogP contribution in [-0.2, 0) is 24.3 Å². The highest BCUT2D eigenvalue weighted by atomic mass is 32.2. The van der Waals surface area contributed by atoms with E-state index in [0.29, 0.717) is 10.6 Å². The number of ether oxygens (including phenoxy) is 1. The lowest BCUT2D eigenvalue weighted by atomic mass is 10.0. The third-order valence-corrected chi connectivity index (χ3v) is 7.36. The maximum absolute atomic E-state index is 12.6. The quantitative estimate of drug-likeness (QED) is 0.519. The summed E-state index contributed by atoms with van der Waals surface area (Å²) in [5.74, 6) is 0.892. The zero-order chi connectivity index (χ0) is 21.6. The number of benzene rings is 2. The van der Waals surface area contributed by atoms with Crippen molar-refractivity contribution in [2.75, 3.05) is 24.7 Å². The van der Waals surface area contributed by atoms with Gasteiger partial charge in [0.1, 0.15) is 16.8 Å². The number of thioether (sulfide) groups is 1. The average molecular weight is 450 g/mol. The number of hydrogen-bond acceptors (Lipinski definition) is 6. The van der Waals surface area contributed by atoms with E-state index >= 15 is 0 Å². The minimum absolute atomic E-state index is 0.118. The van der Waals surface area contributed by atoms with Crippen LogP contribution in [0.2, 0.25) is 0 Å². The van der Waals surface area contributed by atoms with Gasteiger partial charge in [-0.05, 0) is 29.7 Å². The van der Waals surface area contributed by atoms with Gasteiger partial charge in [0.05, 0.1) is 18.4 Å². The molecule has 0 unspecified atom stereocenters. The number of hydrogen-bond donors (Lipinski definition) is 1. The summed E-state index contributed by atoms with van der Waals surface area (Å²) in [6, 6.07) is 20.4. The lowest BCUT2D eigenvalue weighted by molar-refractivity contribution is -0.113. The number of nitriles is 1. The summed E-state index contributed by atoms with van der Waals surface area (Å²) in [5.41, 5.74) is 2.99. The third-order valence-electron chi connectivity index (χ3n) is 5.18. The number of carbonyl (C=O) groups is 1. The standard InChI is InChI=1S/C24H23N3O2S2/c1-29-20-9-5-6-10-21(20)30-16-23(28)26-24-19(13-25)18-11-12-27(15-22(18)31-24)14-17-7-3-2-4-8-17/h2-10H,11-12,14-16H2,1H3,(H,26,28). The van der Waals surface area contributed by atoms with Gasteiger partial charge in [0.25, 0.3) is 0 Å². The number of anilines is 1. The highest BCUT2D eigenvalue weighted by molar-refractivity contribution is 8.00. The lowest BCUT2D eigenvalue weighted by Gasteiger charge is -2.26. The molecule has 0 atom stereocenters. The maximum atomic E-state index is 12.6. The molecule has 1 amide bonds. The molecule has 2 heterocycles. The van der Waals surface area contributed by atoms with Crippen LogP contribution < -0.4 is 10.1 Å². The van der Waals surface area contributed by atoms with E-state index in [-0.39, 0.29) is 11.7 Å². The molecule has 2 aromatic carbocycles. The summed E-state index contributed by atoms with van der Waals surface area (Å²) >= 11 is 2.95. The fraction of sp³-hybridized carbons (Fsp3) is 0.250. The van der Waals surface area contributed by atoms with Crippen LogP contribution in [0.3, 0.4) is 0 Å². The predicted molar refractivity (Wildman–Crippen MR) is 126 cm³/mol. The number of para-hydroxylation sites is 1. The van der Waals surface area contributed by atoms with Crippen LogP contribution in [0, 0.1) is 11.3 Å². The Hall–Kier alpha value is -2.79.